The van der Waals surface area contributed by atoms with Crippen LogP contribution in [0.3, 0.4) is 0 Å². The first-order valence-electron chi connectivity index (χ1n) is 6.21. The van der Waals surface area contributed by atoms with E-state index in [1.165, 1.54) is 6.08 Å². The molecular weight excluding hydrogens is 269 g/mol. The molecule has 1 rings (SSSR count). The number of aliphatic carboxylic acids is 1. The number of carboxylic acids is 1. The van der Waals surface area contributed by atoms with Crippen molar-refractivity contribution in [3.8, 4) is 0 Å². The Bertz CT molecular complexity index is 440. The van der Waals surface area contributed by atoms with Crippen LogP contribution in [0.15, 0.2) is 35.6 Å². The van der Waals surface area contributed by atoms with Gasteiger partial charge in [-0.1, -0.05) is 18.2 Å². The molecule has 6 heteroatoms. The molecule has 0 aromatic rings. The molecule has 1 N–H and O–H groups in total. The van der Waals surface area contributed by atoms with Crippen molar-refractivity contribution in [2.75, 3.05) is 6.61 Å². The maximum atomic E-state index is 11.3. The van der Waals surface area contributed by atoms with Crippen LogP contribution in [-0.4, -0.2) is 24.6 Å². The number of rotatable bonds is 6. The summed E-state index contributed by atoms with van der Waals surface area (Å²) >= 11 is 0. The first kappa shape index (κ1) is 19.0. The van der Waals surface area contributed by atoms with E-state index in [2.05, 4.69) is 5.32 Å². The molecule has 20 heavy (non-hydrogen) atoms. The molecule has 0 fully saturated rings. The zero-order valence-corrected chi connectivity index (χ0v) is 14.1. The van der Waals surface area contributed by atoms with Gasteiger partial charge in [0.1, 0.15) is 0 Å². The second-order valence-corrected chi connectivity index (χ2v) is 4.17. The largest absolute Gasteiger partial charge is 1.00 e. The van der Waals surface area contributed by atoms with E-state index in [1.807, 2.05) is 18.2 Å². The Kier molecular flexibility index (Phi) is 9.29. The normalized spacial score (nSPS) is 15.7. The zero-order chi connectivity index (χ0) is 14.3. The molecule has 0 unspecified atom stereocenters. The smallest absolute Gasteiger partial charge is 0.548 e. The maximum absolute atomic E-state index is 11.3. The van der Waals surface area contributed by atoms with E-state index in [9.17, 15) is 14.7 Å². The summed E-state index contributed by atoms with van der Waals surface area (Å²) in [6.45, 7) is 3.60. The summed E-state index contributed by atoms with van der Waals surface area (Å²) in [4.78, 5) is 22.4. The summed E-state index contributed by atoms with van der Waals surface area (Å²) in [7, 11) is 0. The average molecular weight is 287 g/mol. The molecule has 0 bridgehead atoms. The quantitative estimate of drug-likeness (QED) is 0.252. The number of ether oxygens (including phenoxy) is 1. The van der Waals surface area contributed by atoms with Gasteiger partial charge >= 0.3 is 35.5 Å². The number of esters is 1. The molecule has 1 aliphatic carbocycles. The van der Waals surface area contributed by atoms with E-state index in [1.54, 1.807) is 13.8 Å². The van der Waals surface area contributed by atoms with Gasteiger partial charge in [0.25, 0.3) is 0 Å². The van der Waals surface area contributed by atoms with Crippen LogP contribution in [0.2, 0.25) is 0 Å². The van der Waals surface area contributed by atoms with E-state index in [-0.39, 0.29) is 36.2 Å². The fourth-order valence-corrected chi connectivity index (χ4v) is 1.79. The van der Waals surface area contributed by atoms with Crippen molar-refractivity contribution >= 4 is 11.9 Å². The summed E-state index contributed by atoms with van der Waals surface area (Å²) in [5.74, 6) is -1.71. The first-order chi connectivity index (χ1) is 9.04. The van der Waals surface area contributed by atoms with E-state index < -0.39 is 18.0 Å². The van der Waals surface area contributed by atoms with Gasteiger partial charge in [0.2, 0.25) is 0 Å². The molecule has 0 saturated heterocycles. The second kappa shape index (κ2) is 9.80. The van der Waals surface area contributed by atoms with Crippen molar-refractivity contribution in [2.24, 2.45) is 0 Å². The fraction of sp³-hybridized carbons (Fsp3) is 0.429. The molecule has 0 aliphatic heterocycles. The van der Waals surface area contributed by atoms with Gasteiger partial charge in [-0.05, 0) is 32.3 Å². The fourth-order valence-electron chi connectivity index (χ4n) is 1.79. The van der Waals surface area contributed by atoms with Crippen LogP contribution in [0.5, 0.6) is 0 Å². The van der Waals surface area contributed by atoms with Crippen LogP contribution < -0.4 is 40.0 Å². The van der Waals surface area contributed by atoms with Crippen LogP contribution in [0.4, 0.5) is 0 Å². The molecule has 1 aliphatic rings. The number of carbonyl (C=O) groups is 2. The number of nitrogens with one attached hydrogen (secondary N) is 1. The van der Waals surface area contributed by atoms with Gasteiger partial charge in [-0.25, -0.2) is 4.79 Å². The Morgan fingerprint density at radius 1 is 1.50 bits per heavy atom. The molecule has 1 atom stereocenters. The van der Waals surface area contributed by atoms with E-state index in [0.29, 0.717) is 18.5 Å². The molecule has 104 valence electrons. The standard InChI is InChI=1S/C14H19NO4.Na/c1-3-19-12(16)9-10(2)15-13(14(17)18)11-7-5-4-6-8-11;/h4-5,8-9,13,15H,3,6-7H2,1-2H3,(H,17,18);/q;+1/p-1/b10-9-;/t13-;/m0./s1. The van der Waals surface area contributed by atoms with Crippen LogP contribution in [0, 0.1) is 0 Å². The summed E-state index contributed by atoms with van der Waals surface area (Å²) in [6.07, 6.45) is 8.25. The van der Waals surface area contributed by atoms with Gasteiger partial charge in [0, 0.05) is 11.8 Å². The molecule has 0 aromatic carbocycles. The maximum Gasteiger partial charge on any atom is 1.00 e. The predicted octanol–water partition coefficient (Wildman–Crippen LogP) is -2.56. The molecular formula is C14H18NNaO4. The first-order valence-corrected chi connectivity index (χ1v) is 6.21. The monoisotopic (exact) mass is 287 g/mol. The summed E-state index contributed by atoms with van der Waals surface area (Å²) in [6, 6.07) is -0.921. The average Bonchev–Trinajstić information content (AvgIpc) is 2.37. The van der Waals surface area contributed by atoms with Gasteiger partial charge in [0.15, 0.2) is 0 Å². The molecule has 0 radical (unpaired) electrons. The van der Waals surface area contributed by atoms with Crippen molar-refractivity contribution in [3.05, 3.63) is 35.6 Å². The van der Waals surface area contributed by atoms with E-state index in [0.717, 1.165) is 5.57 Å². The van der Waals surface area contributed by atoms with Crippen LogP contribution >= 0.6 is 0 Å². The molecule has 0 spiro atoms. The number of hydrogen-bond donors (Lipinski definition) is 1. The van der Waals surface area contributed by atoms with Gasteiger partial charge in [-0.15, -0.1) is 0 Å². The van der Waals surface area contributed by atoms with Crippen LogP contribution in [-0.2, 0) is 14.3 Å². The number of carbonyl (C=O) groups excluding carboxylic acids is 2. The predicted molar refractivity (Wildman–Crippen MR) is 68.8 cm³/mol. The Morgan fingerprint density at radius 3 is 2.70 bits per heavy atom. The number of allylic oxidation sites excluding steroid dienone is 4. The zero-order valence-electron chi connectivity index (χ0n) is 12.1. The van der Waals surface area contributed by atoms with Crippen LogP contribution in [0.25, 0.3) is 0 Å². The van der Waals surface area contributed by atoms with Crippen molar-refractivity contribution in [3.63, 3.8) is 0 Å². The van der Waals surface area contributed by atoms with E-state index in [4.69, 9.17) is 4.74 Å². The molecule has 0 aromatic heterocycles. The summed E-state index contributed by atoms with van der Waals surface area (Å²) < 4.78 is 4.76. The van der Waals surface area contributed by atoms with Gasteiger partial charge in [-0.2, -0.15) is 0 Å². The molecule has 0 heterocycles. The molecule has 0 amide bonds. The molecule has 0 saturated carbocycles. The van der Waals surface area contributed by atoms with Gasteiger partial charge < -0.3 is 20.0 Å². The minimum atomic E-state index is -1.21. The summed E-state index contributed by atoms with van der Waals surface area (Å²) in [5.41, 5.74) is 1.17. The van der Waals surface area contributed by atoms with Crippen molar-refractivity contribution in [2.45, 2.75) is 32.7 Å². The third kappa shape index (κ3) is 6.41. The third-order valence-corrected chi connectivity index (χ3v) is 2.64. The third-order valence-electron chi connectivity index (χ3n) is 2.64. The minimum absolute atomic E-state index is 0. The van der Waals surface area contributed by atoms with Gasteiger partial charge in [-0.3, -0.25) is 0 Å². The molecule has 5 nitrogen and oxygen atoms in total. The number of hydrogen-bond acceptors (Lipinski definition) is 5. The van der Waals surface area contributed by atoms with E-state index >= 15 is 0 Å². The van der Waals surface area contributed by atoms with Crippen molar-refractivity contribution in [1.29, 1.82) is 0 Å². The minimum Gasteiger partial charge on any atom is -0.548 e. The van der Waals surface area contributed by atoms with Crippen molar-refractivity contribution in [1.82, 2.24) is 5.32 Å². The summed E-state index contributed by atoms with van der Waals surface area (Å²) in [5, 5.41) is 13.9. The Labute approximate surface area is 141 Å². The Morgan fingerprint density at radius 2 is 2.20 bits per heavy atom. The topological polar surface area (TPSA) is 78.5 Å². The SMILES string of the molecule is CCOC(=O)/C=C(/C)N[C@H](C(=O)[O-])C1=CCC=CC1.[Na+]. The van der Waals surface area contributed by atoms with Crippen molar-refractivity contribution < 1.29 is 49.0 Å². The number of carboxylic acid groups (broad SMARTS) is 1. The second-order valence-electron chi connectivity index (χ2n) is 4.17. The Hall–Kier alpha value is -1.04. The van der Waals surface area contributed by atoms with Crippen LogP contribution in [0.1, 0.15) is 26.7 Å². The van der Waals surface area contributed by atoms with Gasteiger partial charge in [0.05, 0.1) is 18.6 Å². The Balaban J connectivity index is 0.00000361.